The molecule has 254 valence electrons. The minimum absolute atomic E-state index is 0.311. The van der Waals surface area contributed by atoms with Crippen molar-refractivity contribution in [2.75, 3.05) is 13.2 Å². The first kappa shape index (κ1) is 35.5. The fraction of sp³-hybridized carbons (Fsp3) is 0.644. The maximum Gasteiger partial charge on any atom is 0.119 e. The molecule has 8 rings (SSSR count). The van der Waals surface area contributed by atoms with Gasteiger partial charge in [0.25, 0.3) is 0 Å². The number of hydrogen-bond acceptors (Lipinski definition) is 2. The van der Waals surface area contributed by atoms with Gasteiger partial charge in [0.2, 0.25) is 0 Å². The molecule has 6 aliphatic rings. The van der Waals surface area contributed by atoms with E-state index in [-0.39, 0.29) is 0 Å². The SMILES string of the molecule is CCCCOc1ccc(C#CC23CCC(CC)(CC2)CC3)cc1.CCCCOc1ccc(C#CC23CCC(CCC)(CC2)CC3)cc1. The molecular formula is C45H62O2. The molecule has 6 saturated carbocycles. The van der Waals surface area contributed by atoms with Crippen LogP contribution in [0, 0.1) is 45.3 Å². The number of hydrogen-bond donors (Lipinski definition) is 0. The third-order valence-corrected chi connectivity index (χ3v) is 12.5. The van der Waals surface area contributed by atoms with Crippen LogP contribution in [0.15, 0.2) is 48.5 Å². The van der Waals surface area contributed by atoms with Gasteiger partial charge >= 0.3 is 0 Å². The summed E-state index contributed by atoms with van der Waals surface area (Å²) >= 11 is 0. The van der Waals surface area contributed by atoms with Gasteiger partial charge in [0.1, 0.15) is 11.5 Å². The van der Waals surface area contributed by atoms with Crippen molar-refractivity contribution in [3.63, 3.8) is 0 Å². The van der Waals surface area contributed by atoms with Gasteiger partial charge in [0.05, 0.1) is 13.2 Å². The molecule has 6 aliphatic carbocycles. The number of fused-ring (bicyclic) bond motifs is 6. The predicted molar refractivity (Wildman–Crippen MR) is 198 cm³/mol. The predicted octanol–water partition coefficient (Wildman–Crippen LogP) is 12.3. The molecule has 0 heterocycles. The van der Waals surface area contributed by atoms with E-state index in [0.29, 0.717) is 21.7 Å². The summed E-state index contributed by atoms with van der Waals surface area (Å²) in [7, 11) is 0. The number of unbranched alkanes of at least 4 members (excludes halogenated alkanes) is 2. The maximum absolute atomic E-state index is 5.73. The summed E-state index contributed by atoms with van der Waals surface area (Å²) in [4.78, 5) is 0. The highest BCUT2D eigenvalue weighted by molar-refractivity contribution is 5.41. The van der Waals surface area contributed by atoms with Crippen LogP contribution in [0.3, 0.4) is 0 Å². The van der Waals surface area contributed by atoms with Gasteiger partial charge in [0, 0.05) is 22.0 Å². The van der Waals surface area contributed by atoms with Crippen molar-refractivity contribution in [3.05, 3.63) is 59.7 Å². The molecule has 0 N–H and O–H groups in total. The molecule has 2 nitrogen and oxygen atoms in total. The summed E-state index contributed by atoms with van der Waals surface area (Å²) in [6, 6.07) is 16.7. The monoisotopic (exact) mass is 634 g/mol. The molecule has 0 saturated heterocycles. The van der Waals surface area contributed by atoms with Gasteiger partial charge in [-0.15, -0.1) is 0 Å². The van der Waals surface area contributed by atoms with Gasteiger partial charge in [-0.3, -0.25) is 0 Å². The molecule has 2 heteroatoms. The molecule has 0 spiro atoms. The van der Waals surface area contributed by atoms with Gasteiger partial charge in [-0.05, 0) is 156 Å². The Bertz CT molecular complexity index is 1330. The Morgan fingerprint density at radius 2 is 0.872 bits per heavy atom. The molecule has 47 heavy (non-hydrogen) atoms. The smallest absolute Gasteiger partial charge is 0.119 e. The van der Waals surface area contributed by atoms with Crippen LogP contribution in [-0.4, -0.2) is 13.2 Å². The van der Waals surface area contributed by atoms with Crippen LogP contribution in [0.2, 0.25) is 0 Å². The summed E-state index contributed by atoms with van der Waals surface area (Å²) in [5.74, 6) is 16.2. The van der Waals surface area contributed by atoms with E-state index < -0.39 is 0 Å². The van der Waals surface area contributed by atoms with E-state index in [4.69, 9.17) is 9.47 Å². The number of benzene rings is 2. The Morgan fingerprint density at radius 3 is 1.21 bits per heavy atom. The Morgan fingerprint density at radius 1 is 0.489 bits per heavy atom. The molecular weight excluding hydrogens is 572 g/mol. The van der Waals surface area contributed by atoms with Crippen molar-refractivity contribution in [2.24, 2.45) is 21.7 Å². The van der Waals surface area contributed by atoms with Gasteiger partial charge in [0.15, 0.2) is 0 Å². The lowest BCUT2D eigenvalue weighted by Gasteiger charge is -2.51. The average Bonchev–Trinajstić information content (AvgIpc) is 3.13. The van der Waals surface area contributed by atoms with Crippen molar-refractivity contribution in [1.29, 1.82) is 0 Å². The Labute approximate surface area is 288 Å². The topological polar surface area (TPSA) is 18.5 Å². The molecule has 6 fully saturated rings. The van der Waals surface area contributed by atoms with Crippen molar-refractivity contribution in [2.45, 2.75) is 150 Å². The van der Waals surface area contributed by atoms with Crippen LogP contribution < -0.4 is 9.47 Å². The lowest BCUT2D eigenvalue weighted by Crippen LogP contribution is -2.40. The van der Waals surface area contributed by atoms with E-state index in [1.807, 2.05) is 0 Å². The molecule has 0 atom stereocenters. The largest absolute Gasteiger partial charge is 0.494 e. The third kappa shape index (κ3) is 9.41. The zero-order valence-corrected chi connectivity index (χ0v) is 30.3. The lowest BCUT2D eigenvalue weighted by molar-refractivity contribution is 0.0200. The van der Waals surface area contributed by atoms with E-state index >= 15 is 0 Å². The summed E-state index contributed by atoms with van der Waals surface area (Å²) < 4.78 is 11.4. The van der Waals surface area contributed by atoms with Gasteiger partial charge < -0.3 is 9.47 Å². The normalized spacial score (nSPS) is 28.6. The van der Waals surface area contributed by atoms with Crippen molar-refractivity contribution in [1.82, 2.24) is 0 Å². The Hall–Kier alpha value is -2.84. The second kappa shape index (κ2) is 16.5. The fourth-order valence-corrected chi connectivity index (χ4v) is 8.68. The van der Waals surface area contributed by atoms with Crippen molar-refractivity contribution < 1.29 is 9.47 Å². The van der Waals surface area contributed by atoms with E-state index in [9.17, 15) is 0 Å². The number of ether oxygens (including phenoxy) is 2. The average molecular weight is 635 g/mol. The third-order valence-electron chi connectivity index (χ3n) is 12.5. The summed E-state index contributed by atoms with van der Waals surface area (Å²) in [6.45, 7) is 10.7. The Kier molecular flexibility index (Phi) is 12.5. The molecule has 0 aliphatic heterocycles. The van der Waals surface area contributed by atoms with E-state index in [1.165, 1.54) is 109 Å². The minimum Gasteiger partial charge on any atom is -0.494 e. The molecule has 0 unspecified atom stereocenters. The van der Waals surface area contributed by atoms with Gasteiger partial charge in [-0.2, -0.15) is 0 Å². The highest BCUT2D eigenvalue weighted by Gasteiger charge is 2.48. The molecule has 2 aromatic rings. The Balaban J connectivity index is 0.000000185. The zero-order valence-electron chi connectivity index (χ0n) is 30.3. The summed E-state index contributed by atoms with van der Waals surface area (Å²) in [5, 5.41) is 0. The van der Waals surface area contributed by atoms with Crippen LogP contribution in [-0.2, 0) is 0 Å². The minimum atomic E-state index is 0.311. The highest BCUT2D eigenvalue weighted by Crippen LogP contribution is 2.59. The number of rotatable bonds is 11. The standard InChI is InChI=1S/C23H32O.C22H30O/c1-3-5-19-24-21-8-6-20(7-9-21)10-12-23-16-13-22(11-4-2,14-17-23)15-18-23;1-3-5-18-23-20-8-6-19(7-9-20)10-11-22-15-12-21(4-2,13-16-22)14-17-22/h6-9H,3-5,11,13-19H2,1-2H3;6-9H,3-5,12-18H2,1-2H3. The maximum atomic E-state index is 5.73. The lowest BCUT2D eigenvalue weighted by atomic mass is 9.53. The highest BCUT2D eigenvalue weighted by atomic mass is 16.5. The van der Waals surface area contributed by atoms with E-state index in [0.717, 1.165) is 48.7 Å². The first-order chi connectivity index (χ1) is 22.9. The van der Waals surface area contributed by atoms with Crippen LogP contribution in [0.1, 0.15) is 161 Å². The van der Waals surface area contributed by atoms with Gasteiger partial charge in [-0.1, -0.05) is 77.1 Å². The molecule has 0 aromatic heterocycles. The first-order valence-corrected chi connectivity index (χ1v) is 19.4. The van der Waals surface area contributed by atoms with Crippen LogP contribution in [0.4, 0.5) is 0 Å². The molecule has 4 bridgehead atoms. The second-order valence-corrected chi connectivity index (χ2v) is 15.6. The summed E-state index contributed by atoms with van der Waals surface area (Å²) in [6.07, 6.45) is 25.0. The van der Waals surface area contributed by atoms with E-state index in [1.54, 1.807) is 0 Å². The van der Waals surface area contributed by atoms with Crippen LogP contribution in [0.25, 0.3) is 0 Å². The van der Waals surface area contributed by atoms with Gasteiger partial charge in [-0.25, -0.2) is 0 Å². The van der Waals surface area contributed by atoms with Crippen molar-refractivity contribution in [3.8, 4) is 35.2 Å². The molecule has 0 amide bonds. The summed E-state index contributed by atoms with van der Waals surface area (Å²) in [5.41, 5.74) is 4.22. The van der Waals surface area contributed by atoms with Crippen molar-refractivity contribution >= 4 is 0 Å². The van der Waals surface area contributed by atoms with Crippen LogP contribution >= 0.6 is 0 Å². The zero-order chi connectivity index (χ0) is 33.1. The molecule has 2 aromatic carbocycles. The quantitative estimate of drug-likeness (QED) is 0.181. The molecule has 0 radical (unpaired) electrons. The first-order valence-electron chi connectivity index (χ1n) is 19.4. The second-order valence-electron chi connectivity index (χ2n) is 15.6. The fourth-order valence-electron chi connectivity index (χ4n) is 8.68. The van der Waals surface area contributed by atoms with E-state index in [2.05, 4.69) is 99.9 Å². The van der Waals surface area contributed by atoms with Crippen LogP contribution in [0.5, 0.6) is 11.5 Å².